The minimum absolute atomic E-state index is 0.795. The summed E-state index contributed by atoms with van der Waals surface area (Å²) in [5, 5.41) is 6.19. The van der Waals surface area contributed by atoms with Crippen LogP contribution >= 0.6 is 0 Å². The van der Waals surface area contributed by atoms with E-state index in [1.165, 1.54) is 12.8 Å². The zero-order valence-electron chi connectivity index (χ0n) is 8.65. The highest BCUT2D eigenvalue weighted by molar-refractivity contribution is 5.79. The Morgan fingerprint density at radius 1 is 1.42 bits per heavy atom. The Hall–Kier alpha value is -0.730. The molecule has 0 aliphatic rings. The first-order chi connectivity index (χ1) is 5.70. The van der Waals surface area contributed by atoms with Crippen LogP contribution in [0, 0.1) is 5.92 Å². The van der Waals surface area contributed by atoms with Gasteiger partial charge in [-0.1, -0.05) is 13.8 Å². The van der Waals surface area contributed by atoms with Crippen LogP contribution < -0.4 is 10.6 Å². The van der Waals surface area contributed by atoms with Crippen LogP contribution in [0.25, 0.3) is 0 Å². The molecular formula is C9H21N3. The molecule has 3 nitrogen and oxygen atoms in total. The second-order valence-electron chi connectivity index (χ2n) is 3.29. The Labute approximate surface area is 75.7 Å². The highest BCUT2D eigenvalue weighted by Crippen LogP contribution is 2.01. The van der Waals surface area contributed by atoms with Crippen molar-refractivity contribution >= 4 is 5.96 Å². The van der Waals surface area contributed by atoms with Crippen molar-refractivity contribution in [3.8, 4) is 0 Å². The third-order valence-electron chi connectivity index (χ3n) is 1.71. The standard InChI is InChI=1S/C9H21N3/c1-8(2)6-5-7-12-9(10-3)11-4/h8H,5-7H2,1-4H3,(H2,10,11,12). The maximum atomic E-state index is 4.02. The first kappa shape index (κ1) is 11.3. The monoisotopic (exact) mass is 171 g/mol. The molecule has 12 heavy (non-hydrogen) atoms. The van der Waals surface area contributed by atoms with E-state index in [4.69, 9.17) is 0 Å². The third-order valence-corrected chi connectivity index (χ3v) is 1.71. The number of rotatable bonds is 4. The van der Waals surface area contributed by atoms with E-state index in [9.17, 15) is 0 Å². The van der Waals surface area contributed by atoms with Gasteiger partial charge in [0.1, 0.15) is 0 Å². The summed E-state index contributed by atoms with van der Waals surface area (Å²) in [6.45, 7) is 5.49. The number of hydrogen-bond donors (Lipinski definition) is 2. The highest BCUT2D eigenvalue weighted by Gasteiger charge is 1.94. The van der Waals surface area contributed by atoms with Gasteiger partial charge in [0.2, 0.25) is 0 Å². The van der Waals surface area contributed by atoms with E-state index >= 15 is 0 Å². The Balaban J connectivity index is 3.30. The maximum Gasteiger partial charge on any atom is 0.190 e. The van der Waals surface area contributed by atoms with Gasteiger partial charge < -0.3 is 10.6 Å². The van der Waals surface area contributed by atoms with Crippen LogP contribution in [0.5, 0.6) is 0 Å². The van der Waals surface area contributed by atoms with E-state index in [2.05, 4.69) is 29.5 Å². The summed E-state index contributed by atoms with van der Waals surface area (Å²) >= 11 is 0. The number of nitrogens with one attached hydrogen (secondary N) is 2. The molecule has 0 aromatic heterocycles. The van der Waals surface area contributed by atoms with Crippen molar-refractivity contribution in [1.29, 1.82) is 0 Å². The van der Waals surface area contributed by atoms with Gasteiger partial charge in [0.25, 0.3) is 0 Å². The van der Waals surface area contributed by atoms with Crippen LogP contribution in [0.3, 0.4) is 0 Å². The topological polar surface area (TPSA) is 36.4 Å². The van der Waals surface area contributed by atoms with E-state index in [0.29, 0.717) is 0 Å². The number of aliphatic imine (C=N–C) groups is 1. The molecule has 0 aliphatic carbocycles. The third kappa shape index (κ3) is 6.01. The van der Waals surface area contributed by atoms with E-state index in [1.54, 1.807) is 7.05 Å². The van der Waals surface area contributed by atoms with Crippen molar-refractivity contribution < 1.29 is 0 Å². The van der Waals surface area contributed by atoms with Crippen molar-refractivity contribution in [2.75, 3.05) is 20.6 Å². The fourth-order valence-electron chi connectivity index (χ4n) is 0.996. The average molecular weight is 171 g/mol. The SMILES string of the molecule is C/N=C(\NC)NCCCC(C)C. The molecule has 0 bridgehead atoms. The fourth-order valence-corrected chi connectivity index (χ4v) is 0.996. The molecule has 0 aliphatic heterocycles. The van der Waals surface area contributed by atoms with Crippen molar-refractivity contribution in [3.05, 3.63) is 0 Å². The predicted molar refractivity (Wildman–Crippen MR) is 54.5 cm³/mol. The van der Waals surface area contributed by atoms with Gasteiger partial charge in [-0.05, 0) is 18.8 Å². The number of hydrogen-bond acceptors (Lipinski definition) is 1. The summed E-state index contributed by atoms with van der Waals surface area (Å²) in [5.74, 6) is 1.67. The molecule has 0 aromatic carbocycles. The summed E-state index contributed by atoms with van der Waals surface area (Å²) < 4.78 is 0. The first-order valence-electron chi connectivity index (χ1n) is 4.59. The second-order valence-corrected chi connectivity index (χ2v) is 3.29. The smallest absolute Gasteiger partial charge is 0.190 e. The van der Waals surface area contributed by atoms with Gasteiger partial charge in [-0.2, -0.15) is 0 Å². The van der Waals surface area contributed by atoms with Crippen LogP contribution in [0.2, 0.25) is 0 Å². The van der Waals surface area contributed by atoms with Gasteiger partial charge in [-0.3, -0.25) is 4.99 Å². The lowest BCUT2D eigenvalue weighted by atomic mass is 10.1. The molecule has 72 valence electrons. The summed E-state index contributed by atoms with van der Waals surface area (Å²) in [6, 6.07) is 0. The summed E-state index contributed by atoms with van der Waals surface area (Å²) in [5.41, 5.74) is 0. The fraction of sp³-hybridized carbons (Fsp3) is 0.889. The van der Waals surface area contributed by atoms with E-state index < -0.39 is 0 Å². The quantitative estimate of drug-likeness (QED) is 0.379. The average Bonchev–Trinajstić information content (AvgIpc) is 2.04. The summed E-state index contributed by atoms with van der Waals surface area (Å²) in [4.78, 5) is 4.02. The maximum absolute atomic E-state index is 4.02. The van der Waals surface area contributed by atoms with Gasteiger partial charge in [-0.15, -0.1) is 0 Å². The van der Waals surface area contributed by atoms with Gasteiger partial charge in [0.05, 0.1) is 0 Å². The molecular weight excluding hydrogens is 150 g/mol. The lowest BCUT2D eigenvalue weighted by Gasteiger charge is -2.08. The molecule has 0 aromatic rings. The molecule has 3 heteroatoms. The lowest BCUT2D eigenvalue weighted by molar-refractivity contribution is 0.550. The van der Waals surface area contributed by atoms with Gasteiger partial charge in [0.15, 0.2) is 5.96 Å². The molecule has 0 amide bonds. The molecule has 0 heterocycles. The van der Waals surface area contributed by atoms with Crippen molar-refractivity contribution in [1.82, 2.24) is 10.6 Å². The van der Waals surface area contributed by atoms with Crippen LogP contribution in [-0.4, -0.2) is 26.6 Å². The van der Waals surface area contributed by atoms with E-state index in [0.717, 1.165) is 18.4 Å². The van der Waals surface area contributed by atoms with E-state index in [1.807, 2.05) is 7.05 Å². The summed E-state index contributed by atoms with van der Waals surface area (Å²) in [6.07, 6.45) is 2.48. The highest BCUT2D eigenvalue weighted by atomic mass is 15.1. The number of guanidine groups is 1. The molecule has 0 rings (SSSR count). The molecule has 2 N–H and O–H groups in total. The Morgan fingerprint density at radius 3 is 2.50 bits per heavy atom. The molecule has 0 spiro atoms. The van der Waals surface area contributed by atoms with E-state index in [-0.39, 0.29) is 0 Å². The summed E-state index contributed by atoms with van der Waals surface area (Å²) in [7, 11) is 3.65. The molecule has 0 radical (unpaired) electrons. The zero-order valence-corrected chi connectivity index (χ0v) is 8.65. The molecule has 0 atom stereocenters. The van der Waals surface area contributed by atoms with Gasteiger partial charge in [0, 0.05) is 20.6 Å². The molecule has 0 saturated carbocycles. The Bertz CT molecular complexity index is 130. The van der Waals surface area contributed by atoms with Crippen molar-refractivity contribution in [2.24, 2.45) is 10.9 Å². The van der Waals surface area contributed by atoms with Crippen molar-refractivity contribution in [3.63, 3.8) is 0 Å². The molecule has 0 fully saturated rings. The largest absolute Gasteiger partial charge is 0.359 e. The number of nitrogens with zero attached hydrogens (tertiary/aromatic N) is 1. The van der Waals surface area contributed by atoms with Gasteiger partial charge in [-0.25, -0.2) is 0 Å². The Kier molecular flexibility index (Phi) is 6.53. The van der Waals surface area contributed by atoms with Crippen LogP contribution in [0.1, 0.15) is 26.7 Å². The van der Waals surface area contributed by atoms with Crippen LogP contribution in [0.4, 0.5) is 0 Å². The minimum Gasteiger partial charge on any atom is -0.359 e. The minimum atomic E-state index is 0.795. The predicted octanol–water partition coefficient (Wildman–Crippen LogP) is 1.22. The van der Waals surface area contributed by atoms with Crippen molar-refractivity contribution in [2.45, 2.75) is 26.7 Å². The normalized spacial score (nSPS) is 11.9. The second kappa shape index (κ2) is 6.95. The van der Waals surface area contributed by atoms with Crippen LogP contribution in [0.15, 0.2) is 4.99 Å². The zero-order chi connectivity index (χ0) is 9.40. The van der Waals surface area contributed by atoms with Crippen LogP contribution in [-0.2, 0) is 0 Å². The van der Waals surface area contributed by atoms with Gasteiger partial charge >= 0.3 is 0 Å². The first-order valence-corrected chi connectivity index (χ1v) is 4.59. The lowest BCUT2D eigenvalue weighted by Crippen LogP contribution is -2.35. The Morgan fingerprint density at radius 2 is 2.08 bits per heavy atom. The molecule has 0 saturated heterocycles. The molecule has 0 unspecified atom stereocenters.